The molecule has 1 aromatic rings. The minimum atomic E-state index is -1.42. The lowest BCUT2D eigenvalue weighted by atomic mass is 9.99. The molecule has 0 radical (unpaired) electrons. The van der Waals surface area contributed by atoms with Crippen molar-refractivity contribution in [3.63, 3.8) is 0 Å². The van der Waals surface area contributed by atoms with Gasteiger partial charge in [0.05, 0.1) is 5.69 Å². The Morgan fingerprint density at radius 1 is 1.35 bits per heavy atom. The lowest BCUT2D eigenvalue weighted by Crippen LogP contribution is -2.47. The first-order valence-electron chi connectivity index (χ1n) is 6.42. The summed E-state index contributed by atoms with van der Waals surface area (Å²) in [4.78, 5) is 22.9. The second-order valence-corrected chi connectivity index (χ2v) is 5.54. The first kappa shape index (κ1) is 14.3. The Balaban J connectivity index is 2.12. The molecule has 5 nitrogen and oxygen atoms in total. The zero-order valence-corrected chi connectivity index (χ0v) is 11.4. The summed E-state index contributed by atoms with van der Waals surface area (Å²) in [6.45, 7) is 3.82. The number of halogens is 1. The van der Waals surface area contributed by atoms with Crippen molar-refractivity contribution in [1.29, 1.82) is 0 Å². The van der Waals surface area contributed by atoms with Crippen LogP contribution in [0.2, 0.25) is 0 Å². The molecular weight excluding hydrogens is 263 g/mol. The first-order valence-corrected chi connectivity index (χ1v) is 6.42. The molecule has 3 N–H and O–H groups in total. The van der Waals surface area contributed by atoms with E-state index in [2.05, 4.69) is 10.6 Å². The normalized spacial score (nSPS) is 14.8. The SMILES string of the molecule is CC(C)(NC(=O)Nc1cccc(F)c1C(=O)O)C1CC1. The molecule has 1 aliphatic rings. The van der Waals surface area contributed by atoms with Crippen LogP contribution in [0.3, 0.4) is 0 Å². The third-order valence-corrected chi connectivity index (χ3v) is 3.51. The lowest BCUT2D eigenvalue weighted by molar-refractivity contribution is 0.0693. The summed E-state index contributed by atoms with van der Waals surface area (Å²) < 4.78 is 13.5. The van der Waals surface area contributed by atoms with Gasteiger partial charge in [-0.25, -0.2) is 14.0 Å². The van der Waals surface area contributed by atoms with E-state index in [0.29, 0.717) is 5.92 Å². The summed E-state index contributed by atoms with van der Waals surface area (Å²) >= 11 is 0. The van der Waals surface area contributed by atoms with Gasteiger partial charge in [0, 0.05) is 5.54 Å². The molecule has 1 saturated carbocycles. The van der Waals surface area contributed by atoms with Crippen molar-refractivity contribution in [2.24, 2.45) is 5.92 Å². The molecule has 1 fully saturated rings. The minimum Gasteiger partial charge on any atom is -0.478 e. The maximum absolute atomic E-state index is 13.5. The van der Waals surface area contributed by atoms with E-state index in [-0.39, 0.29) is 11.2 Å². The van der Waals surface area contributed by atoms with Gasteiger partial charge in [-0.15, -0.1) is 0 Å². The van der Waals surface area contributed by atoms with E-state index < -0.39 is 23.4 Å². The van der Waals surface area contributed by atoms with Crippen LogP contribution in [-0.2, 0) is 0 Å². The summed E-state index contributed by atoms with van der Waals surface area (Å²) in [6.07, 6.45) is 2.13. The fourth-order valence-corrected chi connectivity index (χ4v) is 2.20. The molecule has 0 spiro atoms. The lowest BCUT2D eigenvalue weighted by Gasteiger charge is -2.26. The van der Waals surface area contributed by atoms with Gasteiger partial charge in [-0.2, -0.15) is 0 Å². The van der Waals surface area contributed by atoms with Crippen LogP contribution in [0.1, 0.15) is 37.0 Å². The Morgan fingerprint density at radius 3 is 2.55 bits per heavy atom. The highest BCUT2D eigenvalue weighted by atomic mass is 19.1. The van der Waals surface area contributed by atoms with Crippen molar-refractivity contribution in [3.8, 4) is 0 Å². The Hall–Kier alpha value is -2.11. The van der Waals surface area contributed by atoms with Crippen molar-refractivity contribution >= 4 is 17.7 Å². The molecule has 1 aromatic carbocycles. The zero-order valence-electron chi connectivity index (χ0n) is 11.4. The number of carboxylic acid groups (broad SMARTS) is 1. The number of rotatable bonds is 4. The molecule has 1 aliphatic carbocycles. The van der Waals surface area contributed by atoms with Crippen molar-refractivity contribution in [3.05, 3.63) is 29.6 Å². The molecule has 0 unspecified atom stereocenters. The summed E-state index contributed by atoms with van der Waals surface area (Å²) in [5.74, 6) is -1.86. The highest BCUT2D eigenvalue weighted by molar-refractivity contribution is 6.00. The van der Waals surface area contributed by atoms with Crippen LogP contribution in [0.15, 0.2) is 18.2 Å². The number of carbonyl (C=O) groups is 2. The molecule has 20 heavy (non-hydrogen) atoms. The predicted molar refractivity (Wildman–Crippen MR) is 72.3 cm³/mol. The maximum atomic E-state index is 13.5. The van der Waals surface area contributed by atoms with Crippen LogP contribution in [0, 0.1) is 11.7 Å². The van der Waals surface area contributed by atoms with E-state index >= 15 is 0 Å². The molecule has 0 aromatic heterocycles. The number of urea groups is 1. The average molecular weight is 280 g/mol. The summed E-state index contributed by atoms with van der Waals surface area (Å²) in [5.41, 5.74) is -0.950. The van der Waals surface area contributed by atoms with E-state index in [0.717, 1.165) is 18.9 Å². The largest absolute Gasteiger partial charge is 0.478 e. The van der Waals surface area contributed by atoms with Crippen molar-refractivity contribution in [1.82, 2.24) is 5.32 Å². The van der Waals surface area contributed by atoms with Gasteiger partial charge in [0.1, 0.15) is 11.4 Å². The summed E-state index contributed by atoms with van der Waals surface area (Å²) in [5, 5.41) is 14.2. The minimum absolute atomic E-state index is 0.0541. The Bertz CT molecular complexity index is 553. The van der Waals surface area contributed by atoms with Crippen molar-refractivity contribution < 1.29 is 19.1 Å². The second-order valence-electron chi connectivity index (χ2n) is 5.54. The van der Waals surface area contributed by atoms with Crippen LogP contribution >= 0.6 is 0 Å². The van der Waals surface area contributed by atoms with Gasteiger partial charge in [0.2, 0.25) is 0 Å². The number of aromatic carboxylic acids is 1. The zero-order chi connectivity index (χ0) is 14.9. The smallest absolute Gasteiger partial charge is 0.340 e. The fraction of sp³-hybridized carbons (Fsp3) is 0.429. The highest BCUT2D eigenvalue weighted by Crippen LogP contribution is 2.39. The summed E-state index contributed by atoms with van der Waals surface area (Å²) in [7, 11) is 0. The maximum Gasteiger partial charge on any atom is 0.340 e. The number of carboxylic acids is 1. The number of amides is 2. The highest BCUT2D eigenvalue weighted by Gasteiger charge is 2.38. The summed E-state index contributed by atoms with van der Waals surface area (Å²) in [6, 6.07) is 3.22. The predicted octanol–water partition coefficient (Wildman–Crippen LogP) is 2.83. The number of anilines is 1. The topological polar surface area (TPSA) is 78.4 Å². The monoisotopic (exact) mass is 280 g/mol. The molecular formula is C14H17FN2O3. The molecule has 0 aliphatic heterocycles. The van der Waals surface area contributed by atoms with E-state index in [1.807, 2.05) is 13.8 Å². The molecule has 2 amide bonds. The third kappa shape index (κ3) is 3.07. The van der Waals surface area contributed by atoms with Gasteiger partial charge in [-0.05, 0) is 44.7 Å². The van der Waals surface area contributed by atoms with Crippen LogP contribution in [-0.4, -0.2) is 22.6 Å². The first-order chi connectivity index (χ1) is 9.31. The standard InChI is InChI=1S/C14H17FN2O3/c1-14(2,8-6-7-8)17-13(20)16-10-5-3-4-9(15)11(10)12(18)19/h3-5,8H,6-7H2,1-2H3,(H,18,19)(H2,16,17,20). The molecule has 6 heteroatoms. The molecule has 0 saturated heterocycles. The molecule has 108 valence electrons. The van der Waals surface area contributed by atoms with Gasteiger partial charge < -0.3 is 15.7 Å². The van der Waals surface area contributed by atoms with E-state index in [1.165, 1.54) is 12.1 Å². The van der Waals surface area contributed by atoms with Gasteiger partial charge in [0.25, 0.3) is 0 Å². The molecule has 0 bridgehead atoms. The molecule has 0 atom stereocenters. The van der Waals surface area contributed by atoms with Crippen molar-refractivity contribution in [2.75, 3.05) is 5.32 Å². The Kier molecular flexibility index (Phi) is 3.65. The van der Waals surface area contributed by atoms with Gasteiger partial charge in [-0.3, -0.25) is 0 Å². The van der Waals surface area contributed by atoms with Crippen LogP contribution in [0.25, 0.3) is 0 Å². The van der Waals surface area contributed by atoms with Crippen molar-refractivity contribution in [2.45, 2.75) is 32.2 Å². The van der Waals surface area contributed by atoms with Crippen LogP contribution in [0.4, 0.5) is 14.9 Å². The average Bonchev–Trinajstić information content (AvgIpc) is 3.10. The second kappa shape index (κ2) is 5.11. The molecule has 0 heterocycles. The van der Waals surface area contributed by atoms with Gasteiger partial charge in [0.15, 0.2) is 0 Å². The number of benzene rings is 1. The fourth-order valence-electron chi connectivity index (χ4n) is 2.20. The van der Waals surface area contributed by atoms with Crippen LogP contribution < -0.4 is 10.6 Å². The van der Waals surface area contributed by atoms with Gasteiger partial charge >= 0.3 is 12.0 Å². The Labute approximate surface area is 116 Å². The van der Waals surface area contributed by atoms with Gasteiger partial charge in [-0.1, -0.05) is 6.07 Å². The van der Waals surface area contributed by atoms with E-state index in [4.69, 9.17) is 5.11 Å². The number of hydrogen-bond donors (Lipinski definition) is 3. The Morgan fingerprint density at radius 2 is 2.00 bits per heavy atom. The molecule has 2 rings (SSSR count). The van der Waals surface area contributed by atoms with E-state index in [9.17, 15) is 14.0 Å². The number of hydrogen-bond acceptors (Lipinski definition) is 2. The van der Waals surface area contributed by atoms with E-state index in [1.54, 1.807) is 0 Å². The number of carbonyl (C=O) groups excluding carboxylic acids is 1. The number of nitrogens with one attached hydrogen (secondary N) is 2. The third-order valence-electron chi connectivity index (χ3n) is 3.51. The van der Waals surface area contributed by atoms with Crippen LogP contribution in [0.5, 0.6) is 0 Å². The quantitative estimate of drug-likeness (QED) is 0.793.